The molecule has 2 fully saturated rings. The van der Waals surface area contributed by atoms with Crippen molar-refractivity contribution in [3.63, 3.8) is 0 Å². The Hall–Kier alpha value is -2.12. The summed E-state index contributed by atoms with van der Waals surface area (Å²) in [4.78, 5) is 37.8. The van der Waals surface area contributed by atoms with E-state index < -0.39 is 0 Å². The van der Waals surface area contributed by atoms with Crippen LogP contribution in [0.4, 0.5) is 4.79 Å². The first kappa shape index (κ1) is 19.2. The van der Waals surface area contributed by atoms with Crippen molar-refractivity contribution in [3.8, 4) is 0 Å². The van der Waals surface area contributed by atoms with Crippen LogP contribution in [-0.4, -0.2) is 27.7 Å². The van der Waals surface area contributed by atoms with Crippen molar-refractivity contribution < 1.29 is 14.4 Å². The van der Waals surface area contributed by atoms with E-state index in [1.54, 1.807) is 18.2 Å². The van der Waals surface area contributed by atoms with Gasteiger partial charge >= 0.3 is 0 Å². The van der Waals surface area contributed by atoms with Crippen molar-refractivity contribution in [2.75, 3.05) is 5.75 Å². The van der Waals surface area contributed by atoms with Crippen molar-refractivity contribution in [2.24, 2.45) is 0 Å². The summed E-state index contributed by atoms with van der Waals surface area (Å²) in [5.74, 6) is -0.142. The SMILES string of the molecule is O=C(NC1(c2cccc(Br)c2)CCC1)c1cccc(CN2C(=O)CSC2=O)c1. The summed E-state index contributed by atoms with van der Waals surface area (Å²) in [6.07, 6.45) is 2.88. The standard InChI is InChI=1S/C21H19BrN2O3S/c22-17-7-2-6-16(11-17)21(8-3-9-21)23-19(26)15-5-1-4-14(10-15)12-24-18(25)13-28-20(24)27/h1-2,4-7,10-11H,3,8-9,12-13H2,(H,23,26). The Kier molecular flexibility index (Phi) is 5.29. The van der Waals surface area contributed by atoms with Gasteiger partial charge in [-0.1, -0.05) is 52.0 Å². The number of thioether (sulfide) groups is 1. The van der Waals surface area contributed by atoms with Crippen LogP contribution in [0.5, 0.6) is 0 Å². The van der Waals surface area contributed by atoms with Gasteiger partial charge in [-0.3, -0.25) is 19.3 Å². The molecule has 4 rings (SSSR count). The molecule has 1 aliphatic heterocycles. The van der Waals surface area contributed by atoms with E-state index in [9.17, 15) is 14.4 Å². The first-order chi connectivity index (χ1) is 13.5. The number of halogens is 1. The Morgan fingerprint density at radius 2 is 1.93 bits per heavy atom. The molecular formula is C21H19BrN2O3S. The summed E-state index contributed by atoms with van der Waals surface area (Å²) in [5, 5.41) is 2.98. The highest BCUT2D eigenvalue weighted by molar-refractivity contribution is 9.10. The molecule has 0 bridgehead atoms. The minimum atomic E-state index is -0.339. The fraction of sp³-hybridized carbons (Fsp3) is 0.286. The van der Waals surface area contributed by atoms with E-state index in [2.05, 4.69) is 27.3 Å². The lowest BCUT2D eigenvalue weighted by atomic mass is 9.71. The van der Waals surface area contributed by atoms with Crippen LogP contribution in [0.15, 0.2) is 53.0 Å². The van der Waals surface area contributed by atoms with Crippen molar-refractivity contribution in [3.05, 3.63) is 69.7 Å². The third-order valence-electron chi connectivity index (χ3n) is 5.31. The lowest BCUT2D eigenvalue weighted by Crippen LogP contribution is -2.50. The van der Waals surface area contributed by atoms with Crippen LogP contribution >= 0.6 is 27.7 Å². The first-order valence-corrected chi connectivity index (χ1v) is 10.9. The quantitative estimate of drug-likeness (QED) is 0.718. The fourth-order valence-corrected chi connectivity index (χ4v) is 4.74. The molecule has 2 aliphatic rings. The maximum Gasteiger partial charge on any atom is 0.289 e. The van der Waals surface area contributed by atoms with Crippen molar-refractivity contribution >= 4 is 44.7 Å². The number of nitrogens with one attached hydrogen (secondary N) is 1. The summed E-state index contributed by atoms with van der Waals surface area (Å²) in [7, 11) is 0. The van der Waals surface area contributed by atoms with Gasteiger partial charge in [-0.25, -0.2) is 0 Å². The molecule has 0 atom stereocenters. The zero-order chi connectivity index (χ0) is 19.7. The molecule has 5 nitrogen and oxygen atoms in total. The second kappa shape index (κ2) is 7.72. The highest BCUT2D eigenvalue weighted by atomic mass is 79.9. The first-order valence-electron chi connectivity index (χ1n) is 9.11. The number of nitrogens with zero attached hydrogens (tertiary/aromatic N) is 1. The largest absolute Gasteiger partial charge is 0.343 e. The highest BCUT2D eigenvalue weighted by Gasteiger charge is 2.40. The molecule has 0 unspecified atom stereocenters. The number of imide groups is 1. The number of carbonyl (C=O) groups is 3. The highest BCUT2D eigenvalue weighted by Crippen LogP contribution is 2.42. The molecule has 1 saturated carbocycles. The number of carbonyl (C=O) groups excluding carboxylic acids is 3. The van der Waals surface area contributed by atoms with Gasteiger partial charge in [0, 0.05) is 10.0 Å². The van der Waals surface area contributed by atoms with Gasteiger partial charge in [0.15, 0.2) is 0 Å². The molecule has 2 aromatic carbocycles. The van der Waals surface area contributed by atoms with E-state index in [0.717, 1.165) is 46.6 Å². The van der Waals surface area contributed by atoms with E-state index in [1.165, 1.54) is 4.90 Å². The van der Waals surface area contributed by atoms with Crippen molar-refractivity contribution in [1.29, 1.82) is 0 Å². The lowest BCUT2D eigenvalue weighted by Gasteiger charge is -2.43. The van der Waals surface area contributed by atoms with Gasteiger partial charge in [0.1, 0.15) is 0 Å². The molecule has 7 heteroatoms. The summed E-state index contributed by atoms with van der Waals surface area (Å²) >= 11 is 4.52. The smallest absolute Gasteiger partial charge is 0.289 e. The Labute approximate surface area is 176 Å². The predicted molar refractivity (Wildman–Crippen MR) is 112 cm³/mol. The van der Waals surface area contributed by atoms with Gasteiger partial charge in [0.05, 0.1) is 17.8 Å². The molecule has 1 saturated heterocycles. The van der Waals surface area contributed by atoms with Crippen LogP contribution in [-0.2, 0) is 16.9 Å². The zero-order valence-corrected chi connectivity index (χ0v) is 17.5. The molecule has 0 spiro atoms. The van der Waals surface area contributed by atoms with E-state index in [1.807, 2.05) is 24.3 Å². The second-order valence-electron chi connectivity index (χ2n) is 7.13. The van der Waals surface area contributed by atoms with Crippen LogP contribution in [0.1, 0.15) is 40.7 Å². The number of benzene rings is 2. The van der Waals surface area contributed by atoms with Crippen LogP contribution < -0.4 is 5.32 Å². The average molecular weight is 459 g/mol. The van der Waals surface area contributed by atoms with Gasteiger partial charge in [-0.05, 0) is 54.7 Å². The van der Waals surface area contributed by atoms with Gasteiger partial charge in [0.25, 0.3) is 11.1 Å². The van der Waals surface area contributed by atoms with Crippen LogP contribution in [0.25, 0.3) is 0 Å². The predicted octanol–water partition coefficient (Wildman–Crippen LogP) is 4.45. The Bertz CT molecular complexity index is 942. The molecule has 3 amide bonds. The van der Waals surface area contributed by atoms with Crippen LogP contribution in [0, 0.1) is 0 Å². The molecule has 1 N–H and O–H groups in total. The van der Waals surface area contributed by atoms with Gasteiger partial charge in [0.2, 0.25) is 5.91 Å². The minimum Gasteiger partial charge on any atom is -0.343 e. The van der Waals surface area contributed by atoms with Gasteiger partial charge in [-0.15, -0.1) is 0 Å². The van der Waals surface area contributed by atoms with E-state index in [4.69, 9.17) is 0 Å². The minimum absolute atomic E-state index is 0.144. The Morgan fingerprint density at radius 3 is 2.57 bits per heavy atom. The lowest BCUT2D eigenvalue weighted by molar-refractivity contribution is -0.125. The molecule has 144 valence electrons. The topological polar surface area (TPSA) is 66.5 Å². The number of amides is 3. The van der Waals surface area contributed by atoms with E-state index in [-0.39, 0.29) is 34.9 Å². The molecule has 28 heavy (non-hydrogen) atoms. The Balaban J connectivity index is 1.52. The summed E-state index contributed by atoms with van der Waals surface area (Å²) < 4.78 is 0.991. The van der Waals surface area contributed by atoms with Crippen molar-refractivity contribution in [1.82, 2.24) is 10.2 Å². The number of rotatable bonds is 5. The normalized spacial score (nSPS) is 18.1. The second-order valence-corrected chi connectivity index (χ2v) is 8.98. The van der Waals surface area contributed by atoms with Crippen LogP contribution in [0.3, 0.4) is 0 Å². The van der Waals surface area contributed by atoms with E-state index in [0.29, 0.717) is 5.56 Å². The zero-order valence-electron chi connectivity index (χ0n) is 15.1. The molecule has 1 heterocycles. The average Bonchev–Trinajstić information content (AvgIpc) is 2.97. The van der Waals surface area contributed by atoms with Gasteiger partial charge < -0.3 is 5.32 Å². The molecule has 1 aliphatic carbocycles. The number of hydrogen-bond acceptors (Lipinski definition) is 4. The van der Waals surface area contributed by atoms with Crippen LogP contribution in [0.2, 0.25) is 0 Å². The maximum absolute atomic E-state index is 13.0. The van der Waals surface area contributed by atoms with Crippen molar-refractivity contribution in [2.45, 2.75) is 31.3 Å². The molecule has 0 radical (unpaired) electrons. The fourth-order valence-electron chi connectivity index (χ4n) is 3.62. The molecule has 2 aromatic rings. The maximum atomic E-state index is 13.0. The third kappa shape index (κ3) is 3.73. The summed E-state index contributed by atoms with van der Waals surface area (Å²) in [6.45, 7) is 0.197. The third-order valence-corrected chi connectivity index (χ3v) is 6.66. The summed E-state index contributed by atoms with van der Waals surface area (Å²) in [5.41, 5.74) is 2.06. The monoisotopic (exact) mass is 458 g/mol. The van der Waals surface area contributed by atoms with Gasteiger partial charge in [-0.2, -0.15) is 0 Å². The number of hydrogen-bond donors (Lipinski definition) is 1. The summed E-state index contributed by atoms with van der Waals surface area (Å²) in [6, 6.07) is 15.2. The van der Waals surface area contributed by atoms with E-state index >= 15 is 0 Å². The molecular weight excluding hydrogens is 440 g/mol. The molecule has 0 aromatic heterocycles. The Morgan fingerprint density at radius 1 is 1.14 bits per heavy atom.